The van der Waals surface area contributed by atoms with E-state index in [0.717, 1.165) is 12.8 Å². The Hall–Kier alpha value is -0.470. The van der Waals surface area contributed by atoms with E-state index in [9.17, 15) is 8.42 Å². The van der Waals surface area contributed by atoms with Crippen LogP contribution in [-0.4, -0.2) is 44.6 Å². The van der Waals surface area contributed by atoms with Crippen LogP contribution in [0, 0.1) is 5.92 Å². The fraction of sp³-hybridized carbons (Fsp3) is 0.667. The van der Waals surface area contributed by atoms with Crippen LogP contribution in [0.3, 0.4) is 0 Å². The molecule has 0 unspecified atom stereocenters. The van der Waals surface area contributed by atoms with E-state index in [4.69, 9.17) is 9.84 Å². The summed E-state index contributed by atoms with van der Waals surface area (Å²) in [5.41, 5.74) is 0.651. The Morgan fingerprint density at radius 3 is 2.68 bits per heavy atom. The Balaban J connectivity index is 2.05. The maximum atomic E-state index is 12.4. The van der Waals surface area contributed by atoms with Gasteiger partial charge in [-0.25, -0.2) is 8.42 Å². The molecule has 0 radical (unpaired) electrons. The van der Waals surface area contributed by atoms with Crippen molar-refractivity contribution in [3.05, 3.63) is 17.0 Å². The van der Waals surface area contributed by atoms with Gasteiger partial charge in [-0.2, -0.15) is 4.31 Å². The van der Waals surface area contributed by atoms with E-state index < -0.39 is 10.0 Å². The predicted molar refractivity (Wildman–Crippen MR) is 73.6 cm³/mol. The number of sulfonamides is 1. The molecule has 108 valence electrons. The molecule has 0 aliphatic carbocycles. The van der Waals surface area contributed by atoms with E-state index >= 15 is 0 Å². The Bertz CT molecular complexity index is 504. The zero-order chi connectivity index (χ0) is 13.9. The number of aliphatic hydroxyl groups is 1. The van der Waals surface area contributed by atoms with Gasteiger partial charge < -0.3 is 9.84 Å². The highest BCUT2D eigenvalue weighted by molar-refractivity contribution is 7.91. The van der Waals surface area contributed by atoms with Crippen LogP contribution in [0.5, 0.6) is 0 Å². The molecule has 0 amide bonds. The second kappa shape index (κ2) is 6.32. The zero-order valence-electron chi connectivity index (χ0n) is 10.9. The third-order valence-electron chi connectivity index (χ3n) is 3.38. The standard InChI is InChI=1S/C12H19NO4S2/c1-17-8-10-2-4-13(5-3-10)19(15,16)12-6-11(7-14)9-18-12/h6,9-10,14H,2-5,7-8H2,1H3. The summed E-state index contributed by atoms with van der Waals surface area (Å²) >= 11 is 1.17. The number of methoxy groups -OCH3 is 1. The summed E-state index contributed by atoms with van der Waals surface area (Å²) < 4.78 is 31.8. The molecule has 1 aliphatic heterocycles. The normalized spacial score (nSPS) is 18.8. The summed E-state index contributed by atoms with van der Waals surface area (Å²) in [6, 6.07) is 1.56. The van der Waals surface area contributed by atoms with Gasteiger partial charge in [0, 0.05) is 26.8 Å². The summed E-state index contributed by atoms with van der Waals surface area (Å²) in [5, 5.41) is 10.7. The molecule has 1 aromatic rings. The van der Waals surface area contributed by atoms with Crippen molar-refractivity contribution >= 4 is 21.4 Å². The highest BCUT2D eigenvalue weighted by Crippen LogP contribution is 2.27. The molecule has 19 heavy (non-hydrogen) atoms. The van der Waals surface area contributed by atoms with Crippen LogP contribution in [0.4, 0.5) is 0 Å². The van der Waals surface area contributed by atoms with Gasteiger partial charge in [0.25, 0.3) is 10.0 Å². The SMILES string of the molecule is COCC1CCN(S(=O)(=O)c2cc(CO)cs2)CC1. The van der Waals surface area contributed by atoms with Gasteiger partial charge in [0.1, 0.15) is 4.21 Å². The van der Waals surface area contributed by atoms with Gasteiger partial charge in [-0.15, -0.1) is 11.3 Å². The largest absolute Gasteiger partial charge is 0.392 e. The van der Waals surface area contributed by atoms with Crippen LogP contribution in [0.25, 0.3) is 0 Å². The lowest BCUT2D eigenvalue weighted by Crippen LogP contribution is -2.39. The summed E-state index contributed by atoms with van der Waals surface area (Å²) in [6.45, 7) is 1.66. The first-order chi connectivity index (χ1) is 9.07. The summed E-state index contributed by atoms with van der Waals surface area (Å²) in [7, 11) is -1.72. The average Bonchev–Trinajstić information content (AvgIpc) is 2.89. The second-order valence-electron chi connectivity index (χ2n) is 4.73. The smallest absolute Gasteiger partial charge is 0.252 e. The van der Waals surface area contributed by atoms with Gasteiger partial charge in [0.05, 0.1) is 6.61 Å². The van der Waals surface area contributed by atoms with Crippen molar-refractivity contribution in [3.8, 4) is 0 Å². The number of hydrogen-bond acceptors (Lipinski definition) is 5. The van der Waals surface area contributed by atoms with Gasteiger partial charge in [0.15, 0.2) is 0 Å². The summed E-state index contributed by atoms with van der Waals surface area (Å²) in [6.07, 6.45) is 1.68. The molecule has 0 bridgehead atoms. The molecule has 2 heterocycles. The molecule has 1 aromatic heterocycles. The lowest BCUT2D eigenvalue weighted by Gasteiger charge is -2.30. The number of piperidine rings is 1. The third kappa shape index (κ3) is 3.35. The van der Waals surface area contributed by atoms with E-state index in [1.807, 2.05) is 0 Å². The maximum Gasteiger partial charge on any atom is 0.252 e. The Labute approximate surface area is 117 Å². The van der Waals surface area contributed by atoms with Gasteiger partial charge >= 0.3 is 0 Å². The molecule has 1 N–H and O–H groups in total. The summed E-state index contributed by atoms with van der Waals surface area (Å²) in [4.78, 5) is 0. The summed E-state index contributed by atoms with van der Waals surface area (Å²) in [5.74, 6) is 0.452. The fourth-order valence-corrected chi connectivity index (χ4v) is 5.07. The lowest BCUT2D eigenvalue weighted by atomic mass is 9.99. The highest BCUT2D eigenvalue weighted by Gasteiger charge is 2.30. The monoisotopic (exact) mass is 305 g/mol. The molecular weight excluding hydrogens is 286 g/mol. The Morgan fingerprint density at radius 2 is 2.16 bits per heavy atom. The van der Waals surface area contributed by atoms with E-state index in [1.54, 1.807) is 18.6 Å². The number of thiophene rings is 1. The van der Waals surface area contributed by atoms with Crippen molar-refractivity contribution < 1.29 is 18.3 Å². The fourth-order valence-electron chi connectivity index (χ4n) is 2.25. The molecule has 1 fully saturated rings. The molecule has 2 rings (SSSR count). The van der Waals surface area contributed by atoms with Crippen LogP contribution in [-0.2, 0) is 21.4 Å². The van der Waals surface area contributed by atoms with Crippen LogP contribution in [0.2, 0.25) is 0 Å². The first kappa shape index (κ1) is 14.9. The predicted octanol–water partition coefficient (Wildman–Crippen LogP) is 1.29. The maximum absolute atomic E-state index is 12.4. The van der Waals surface area contributed by atoms with Crippen molar-refractivity contribution in [2.24, 2.45) is 5.92 Å². The Morgan fingerprint density at radius 1 is 1.47 bits per heavy atom. The lowest BCUT2D eigenvalue weighted by molar-refractivity contribution is 0.121. The molecule has 0 aromatic carbocycles. The van der Waals surface area contributed by atoms with Gasteiger partial charge in [-0.05, 0) is 35.8 Å². The van der Waals surface area contributed by atoms with Gasteiger partial charge in [0.2, 0.25) is 0 Å². The topological polar surface area (TPSA) is 66.8 Å². The van der Waals surface area contributed by atoms with Crippen LogP contribution in [0.15, 0.2) is 15.7 Å². The van der Waals surface area contributed by atoms with Gasteiger partial charge in [-0.3, -0.25) is 0 Å². The van der Waals surface area contributed by atoms with E-state index in [2.05, 4.69) is 0 Å². The van der Waals surface area contributed by atoms with Crippen molar-refractivity contribution in [1.29, 1.82) is 0 Å². The minimum absolute atomic E-state index is 0.123. The third-order valence-corrected chi connectivity index (χ3v) is 6.74. The second-order valence-corrected chi connectivity index (χ2v) is 7.81. The first-order valence-electron chi connectivity index (χ1n) is 6.25. The van der Waals surface area contributed by atoms with E-state index in [0.29, 0.717) is 35.4 Å². The van der Waals surface area contributed by atoms with E-state index in [-0.39, 0.29) is 6.61 Å². The van der Waals surface area contributed by atoms with Crippen molar-refractivity contribution in [3.63, 3.8) is 0 Å². The number of ether oxygens (including phenoxy) is 1. The van der Waals surface area contributed by atoms with Crippen LogP contribution >= 0.6 is 11.3 Å². The molecular formula is C12H19NO4S2. The van der Waals surface area contributed by atoms with E-state index in [1.165, 1.54) is 15.6 Å². The number of rotatable bonds is 5. The van der Waals surface area contributed by atoms with Crippen molar-refractivity contribution in [1.82, 2.24) is 4.31 Å². The first-order valence-corrected chi connectivity index (χ1v) is 8.57. The number of nitrogens with zero attached hydrogens (tertiary/aromatic N) is 1. The Kier molecular flexibility index (Phi) is 4.97. The molecule has 1 aliphatic rings. The molecule has 0 spiro atoms. The molecule has 0 atom stereocenters. The minimum Gasteiger partial charge on any atom is -0.392 e. The van der Waals surface area contributed by atoms with Crippen molar-refractivity contribution in [2.45, 2.75) is 23.7 Å². The number of hydrogen-bond donors (Lipinski definition) is 1. The molecule has 5 nitrogen and oxygen atoms in total. The quantitative estimate of drug-likeness (QED) is 0.890. The molecule has 0 saturated carbocycles. The molecule has 7 heteroatoms. The minimum atomic E-state index is -3.39. The van der Waals surface area contributed by atoms with Crippen LogP contribution in [0.1, 0.15) is 18.4 Å². The van der Waals surface area contributed by atoms with Crippen molar-refractivity contribution in [2.75, 3.05) is 26.8 Å². The number of aliphatic hydroxyl groups excluding tert-OH is 1. The van der Waals surface area contributed by atoms with Gasteiger partial charge in [-0.1, -0.05) is 0 Å². The molecule has 1 saturated heterocycles. The zero-order valence-corrected chi connectivity index (χ0v) is 12.5. The average molecular weight is 305 g/mol. The highest BCUT2D eigenvalue weighted by atomic mass is 32.2. The van der Waals surface area contributed by atoms with Crippen LogP contribution < -0.4 is 0 Å².